The monoisotopic (exact) mass is 634 g/mol. The van der Waals surface area contributed by atoms with Crippen molar-refractivity contribution < 1.29 is 46.9 Å². The first-order chi connectivity index (χ1) is 21.2. The molecule has 0 saturated carbocycles. The van der Waals surface area contributed by atoms with Crippen LogP contribution in [0.3, 0.4) is 0 Å². The van der Waals surface area contributed by atoms with E-state index in [1.54, 1.807) is 48.5 Å². The van der Waals surface area contributed by atoms with Crippen molar-refractivity contribution in [3.8, 4) is 17.4 Å². The molecule has 2 amide bonds. The number of nitrogens with two attached hydrogens (primary N) is 1. The summed E-state index contributed by atoms with van der Waals surface area (Å²) >= 11 is 0. The van der Waals surface area contributed by atoms with E-state index in [0.717, 1.165) is 0 Å². The van der Waals surface area contributed by atoms with Gasteiger partial charge in [0.1, 0.15) is 17.4 Å². The second-order valence-electron chi connectivity index (χ2n) is 9.18. The molecule has 0 aliphatic carbocycles. The Morgan fingerprint density at radius 2 is 1.69 bits per heavy atom. The zero-order chi connectivity index (χ0) is 33.7. The van der Waals surface area contributed by atoms with Gasteiger partial charge in [-0.1, -0.05) is 6.07 Å². The number of aromatic nitrogens is 1. The van der Waals surface area contributed by atoms with Gasteiger partial charge in [0.15, 0.2) is 11.5 Å². The standard InChI is InChI=1S/C27H32N6O5.C2HF3O2/c1-5-37-22-15-18(10-13-21(22)38-16(2)3)23(31-19-11-8-17(9-12-19)24(28)29)26(35)33-32-25(34)20-7-6-14-30-27(20)36-4;3-2(4,5)1(6)7/h6-16,23,31H,5H2,1-4H3,(H3,28,29)(H,32,34)(H,33,35);(H,6,7). The first-order valence-corrected chi connectivity index (χ1v) is 13.2. The number of hydrogen-bond donors (Lipinski definition) is 6. The Kier molecular flexibility index (Phi) is 13.0. The SMILES string of the molecule is CCOc1cc(C(Nc2ccc(C(=N)N)cc2)C(=O)NNC(=O)c2cccnc2OC)ccc1OC(C)C.O=C(O)C(F)(F)F. The molecule has 1 atom stereocenters. The van der Waals surface area contributed by atoms with E-state index in [1.807, 2.05) is 20.8 Å². The van der Waals surface area contributed by atoms with E-state index >= 15 is 0 Å². The van der Waals surface area contributed by atoms with E-state index in [9.17, 15) is 22.8 Å². The second kappa shape index (κ2) is 16.3. The molecule has 7 N–H and O–H groups in total. The van der Waals surface area contributed by atoms with Gasteiger partial charge in [0.2, 0.25) is 5.88 Å². The molecule has 0 aliphatic heterocycles. The first kappa shape index (κ1) is 35.7. The number of carboxylic acids is 1. The summed E-state index contributed by atoms with van der Waals surface area (Å²) in [5.41, 5.74) is 12.3. The summed E-state index contributed by atoms with van der Waals surface area (Å²) in [7, 11) is 1.40. The maximum atomic E-state index is 13.4. The number of amides is 2. The Bertz CT molecular complexity index is 1480. The number of halogens is 3. The van der Waals surface area contributed by atoms with E-state index in [2.05, 4.69) is 21.2 Å². The number of ether oxygens (including phenoxy) is 3. The fourth-order valence-corrected chi connectivity index (χ4v) is 3.52. The molecule has 242 valence electrons. The molecule has 0 aliphatic rings. The molecule has 0 spiro atoms. The van der Waals surface area contributed by atoms with E-state index in [0.29, 0.717) is 34.9 Å². The molecule has 1 unspecified atom stereocenters. The minimum Gasteiger partial charge on any atom is -0.490 e. The average molecular weight is 635 g/mol. The van der Waals surface area contributed by atoms with Crippen molar-refractivity contribution >= 4 is 29.3 Å². The molecular weight excluding hydrogens is 601 g/mol. The van der Waals surface area contributed by atoms with Crippen LogP contribution in [-0.2, 0) is 9.59 Å². The number of alkyl halides is 3. The van der Waals surface area contributed by atoms with Crippen molar-refractivity contribution in [2.75, 3.05) is 19.0 Å². The highest BCUT2D eigenvalue weighted by atomic mass is 19.4. The van der Waals surface area contributed by atoms with Gasteiger partial charge in [0.25, 0.3) is 11.8 Å². The first-order valence-electron chi connectivity index (χ1n) is 13.2. The van der Waals surface area contributed by atoms with Gasteiger partial charge in [0, 0.05) is 17.4 Å². The maximum Gasteiger partial charge on any atom is 0.490 e. The van der Waals surface area contributed by atoms with Crippen LogP contribution < -0.4 is 36.1 Å². The molecule has 2 aromatic carbocycles. The lowest BCUT2D eigenvalue weighted by atomic mass is 10.0. The number of hydrogen-bond acceptors (Lipinski definition) is 9. The molecule has 1 heterocycles. The molecule has 0 bridgehead atoms. The third-order valence-electron chi connectivity index (χ3n) is 5.48. The summed E-state index contributed by atoms with van der Waals surface area (Å²) in [4.78, 5) is 39.0. The molecule has 16 heteroatoms. The average Bonchev–Trinajstić information content (AvgIpc) is 2.99. The molecule has 1 aromatic heterocycles. The smallest absolute Gasteiger partial charge is 0.490 e. The molecule has 45 heavy (non-hydrogen) atoms. The Labute approximate surface area is 256 Å². The van der Waals surface area contributed by atoms with Crippen molar-refractivity contribution in [1.82, 2.24) is 15.8 Å². The summed E-state index contributed by atoms with van der Waals surface area (Å²) in [5.74, 6) is -2.81. The quantitative estimate of drug-likeness (QED) is 0.102. The Morgan fingerprint density at radius 3 is 2.22 bits per heavy atom. The van der Waals surface area contributed by atoms with Gasteiger partial charge in [-0.15, -0.1) is 0 Å². The number of carbonyl (C=O) groups is 3. The largest absolute Gasteiger partial charge is 0.490 e. The lowest BCUT2D eigenvalue weighted by Gasteiger charge is -2.22. The Balaban J connectivity index is 0.000000900. The zero-order valence-corrected chi connectivity index (χ0v) is 24.7. The van der Waals surface area contributed by atoms with Gasteiger partial charge >= 0.3 is 12.1 Å². The van der Waals surface area contributed by atoms with Crippen LogP contribution in [0.2, 0.25) is 0 Å². The number of benzene rings is 2. The highest BCUT2D eigenvalue weighted by Gasteiger charge is 2.38. The van der Waals surface area contributed by atoms with Crippen molar-refractivity contribution in [3.05, 3.63) is 77.5 Å². The third kappa shape index (κ3) is 10.9. The molecule has 13 nitrogen and oxygen atoms in total. The van der Waals surface area contributed by atoms with Gasteiger partial charge in [-0.3, -0.25) is 25.8 Å². The van der Waals surface area contributed by atoms with Crippen molar-refractivity contribution in [3.63, 3.8) is 0 Å². The highest BCUT2D eigenvalue weighted by molar-refractivity contribution is 5.98. The zero-order valence-electron chi connectivity index (χ0n) is 24.7. The van der Waals surface area contributed by atoms with Crippen LogP contribution in [0.15, 0.2) is 60.8 Å². The number of aliphatic carboxylic acids is 1. The number of carboxylic acid groups (broad SMARTS) is 1. The van der Waals surface area contributed by atoms with Crippen LogP contribution in [0.5, 0.6) is 17.4 Å². The fourth-order valence-electron chi connectivity index (χ4n) is 3.52. The van der Waals surface area contributed by atoms with Gasteiger partial charge in [-0.05, 0) is 74.9 Å². The minimum atomic E-state index is -5.08. The van der Waals surface area contributed by atoms with Crippen LogP contribution in [0.25, 0.3) is 0 Å². The van der Waals surface area contributed by atoms with Gasteiger partial charge in [-0.2, -0.15) is 13.2 Å². The van der Waals surface area contributed by atoms with Crippen LogP contribution in [-0.4, -0.2) is 59.7 Å². The number of amidine groups is 1. The normalized spacial score (nSPS) is 11.3. The molecule has 3 rings (SSSR count). The van der Waals surface area contributed by atoms with Crippen LogP contribution in [0.4, 0.5) is 18.9 Å². The van der Waals surface area contributed by atoms with Crippen LogP contribution in [0.1, 0.15) is 48.3 Å². The minimum absolute atomic E-state index is 0.0681. The number of rotatable bonds is 11. The van der Waals surface area contributed by atoms with Gasteiger partial charge in [-0.25, -0.2) is 9.78 Å². The summed E-state index contributed by atoms with van der Waals surface area (Å²) in [6.45, 7) is 6.07. The lowest BCUT2D eigenvalue weighted by molar-refractivity contribution is -0.192. The number of nitrogens with one attached hydrogen (secondary N) is 4. The number of carbonyl (C=O) groups excluding carboxylic acids is 2. The van der Waals surface area contributed by atoms with Crippen molar-refractivity contribution in [2.45, 2.75) is 39.1 Å². The van der Waals surface area contributed by atoms with Crippen molar-refractivity contribution in [1.29, 1.82) is 5.41 Å². The summed E-state index contributed by atoms with van der Waals surface area (Å²) in [6, 6.07) is 14.1. The molecule has 0 fully saturated rings. The summed E-state index contributed by atoms with van der Waals surface area (Å²) in [5, 5.41) is 17.9. The number of pyridine rings is 1. The van der Waals surface area contributed by atoms with E-state index in [1.165, 1.54) is 19.4 Å². The van der Waals surface area contributed by atoms with Crippen molar-refractivity contribution in [2.24, 2.45) is 5.73 Å². The summed E-state index contributed by atoms with van der Waals surface area (Å²) < 4.78 is 48.5. The lowest BCUT2D eigenvalue weighted by Crippen LogP contribution is -2.45. The Morgan fingerprint density at radius 1 is 1.04 bits per heavy atom. The topological polar surface area (TPSA) is 198 Å². The van der Waals surface area contributed by atoms with Gasteiger partial charge in [0.05, 0.1) is 19.8 Å². The molecule has 0 radical (unpaired) electrons. The van der Waals surface area contributed by atoms with E-state index in [-0.39, 0.29) is 23.4 Å². The molecule has 3 aromatic rings. The second-order valence-corrected chi connectivity index (χ2v) is 9.18. The number of nitrogens with zero attached hydrogens (tertiary/aromatic N) is 1. The van der Waals surface area contributed by atoms with Crippen LogP contribution >= 0.6 is 0 Å². The maximum absolute atomic E-state index is 13.4. The fraction of sp³-hybridized carbons (Fsp3) is 0.276. The Hall–Kier alpha value is -5.54. The van der Waals surface area contributed by atoms with Gasteiger partial charge < -0.3 is 30.4 Å². The number of nitrogen functional groups attached to an aromatic ring is 1. The summed E-state index contributed by atoms with van der Waals surface area (Å²) in [6.07, 6.45) is -3.66. The predicted molar refractivity (Wildman–Crippen MR) is 157 cm³/mol. The molecular formula is C29H33F3N6O7. The number of methoxy groups -OCH3 is 1. The third-order valence-corrected chi connectivity index (χ3v) is 5.48. The predicted octanol–water partition coefficient (Wildman–Crippen LogP) is 3.81. The molecule has 0 saturated heterocycles. The van der Waals surface area contributed by atoms with E-state index < -0.39 is 30.0 Å². The highest BCUT2D eigenvalue weighted by Crippen LogP contribution is 2.33. The van der Waals surface area contributed by atoms with Crippen LogP contribution in [0, 0.1) is 5.41 Å². The van der Waals surface area contributed by atoms with E-state index in [4.69, 9.17) is 35.3 Å². The number of anilines is 1. The number of hydrazine groups is 1.